The molecule has 3 heterocycles. The Balaban J connectivity index is 1.55. The second kappa shape index (κ2) is 9.53. The number of hydrogen-bond donors (Lipinski definition) is 3. The molecule has 5 aromatic rings. The van der Waals surface area contributed by atoms with E-state index < -0.39 is 11.6 Å². The van der Waals surface area contributed by atoms with Crippen LogP contribution in [0.25, 0.3) is 33.2 Å². The summed E-state index contributed by atoms with van der Waals surface area (Å²) in [6.45, 7) is 7.01. The molecular formula is C28H26ClFN6O. The van der Waals surface area contributed by atoms with Crippen LogP contribution in [-0.4, -0.2) is 30.3 Å². The number of fused-ring (bicyclic) bond motifs is 1. The van der Waals surface area contributed by atoms with Crippen molar-refractivity contribution in [3.63, 3.8) is 0 Å². The summed E-state index contributed by atoms with van der Waals surface area (Å²) in [5.41, 5.74) is 4.84. The number of aliphatic hydroxyl groups is 1. The number of rotatable bonds is 6. The van der Waals surface area contributed by atoms with Gasteiger partial charge in [-0.3, -0.25) is 10.1 Å². The van der Waals surface area contributed by atoms with Crippen molar-refractivity contribution in [3.8, 4) is 22.3 Å². The molecule has 188 valence electrons. The number of pyridine rings is 1. The first kappa shape index (κ1) is 24.8. The van der Waals surface area contributed by atoms with Crippen molar-refractivity contribution in [1.29, 1.82) is 0 Å². The fourth-order valence-electron chi connectivity index (χ4n) is 4.23. The molecule has 37 heavy (non-hydrogen) atoms. The van der Waals surface area contributed by atoms with E-state index in [1.807, 2.05) is 38.1 Å². The minimum absolute atomic E-state index is 0.316. The summed E-state index contributed by atoms with van der Waals surface area (Å²) in [5.74, 6) is 0.0245. The molecule has 3 aromatic heterocycles. The van der Waals surface area contributed by atoms with Crippen molar-refractivity contribution >= 4 is 28.2 Å². The Morgan fingerprint density at radius 2 is 1.70 bits per heavy atom. The molecule has 0 radical (unpaired) electrons. The number of hydrogen-bond acceptors (Lipinski definition) is 6. The Morgan fingerprint density at radius 1 is 1.00 bits per heavy atom. The highest BCUT2D eigenvalue weighted by atomic mass is 35.5. The minimum atomic E-state index is -1.13. The lowest BCUT2D eigenvalue weighted by atomic mass is 10.00. The van der Waals surface area contributed by atoms with E-state index in [-0.39, 0.29) is 5.82 Å². The van der Waals surface area contributed by atoms with Gasteiger partial charge in [0, 0.05) is 40.7 Å². The van der Waals surface area contributed by atoms with Crippen molar-refractivity contribution in [1.82, 2.24) is 25.1 Å². The molecule has 2 aromatic carbocycles. The number of nitrogens with one attached hydrogen (secondary N) is 2. The van der Waals surface area contributed by atoms with Gasteiger partial charge in [-0.15, -0.1) is 0 Å². The highest BCUT2D eigenvalue weighted by Gasteiger charge is 2.20. The van der Waals surface area contributed by atoms with Crippen LogP contribution in [0.15, 0.2) is 61.2 Å². The van der Waals surface area contributed by atoms with Gasteiger partial charge in [0.25, 0.3) is 0 Å². The summed E-state index contributed by atoms with van der Waals surface area (Å²) < 4.78 is 14.9. The van der Waals surface area contributed by atoms with Crippen molar-refractivity contribution in [3.05, 3.63) is 89.1 Å². The van der Waals surface area contributed by atoms with Gasteiger partial charge in [-0.1, -0.05) is 23.7 Å². The number of aromatic amines is 1. The standard InChI is InChI=1S/C28H26ClFN6O/c1-15(21-9-17(5-7-23(21)30)20-13-33-34-14-20)36-26-22-10-18(6-8-24(22)35-16(2)25(26)29)19-11-31-27(32-12-19)28(3,4)37/h5-15,37H,1-4H3,(H,33,34)(H,35,36). The topological polar surface area (TPSA) is 99.6 Å². The summed E-state index contributed by atoms with van der Waals surface area (Å²) in [6, 6.07) is 10.4. The van der Waals surface area contributed by atoms with E-state index >= 15 is 0 Å². The van der Waals surface area contributed by atoms with Crippen LogP contribution in [-0.2, 0) is 5.60 Å². The maximum Gasteiger partial charge on any atom is 0.159 e. The lowest BCUT2D eigenvalue weighted by Gasteiger charge is -2.21. The molecule has 1 unspecified atom stereocenters. The van der Waals surface area contributed by atoms with Gasteiger partial charge in [0.2, 0.25) is 0 Å². The first-order valence-corrected chi connectivity index (χ1v) is 12.2. The van der Waals surface area contributed by atoms with Crippen LogP contribution in [0.4, 0.5) is 10.1 Å². The highest BCUT2D eigenvalue weighted by molar-refractivity contribution is 6.35. The van der Waals surface area contributed by atoms with Crippen LogP contribution in [0.2, 0.25) is 5.02 Å². The molecule has 0 amide bonds. The lowest BCUT2D eigenvalue weighted by molar-refractivity contribution is 0.0687. The minimum Gasteiger partial charge on any atom is -0.382 e. The van der Waals surface area contributed by atoms with Crippen molar-refractivity contribution in [2.45, 2.75) is 39.3 Å². The van der Waals surface area contributed by atoms with Crippen molar-refractivity contribution in [2.24, 2.45) is 0 Å². The Hall–Kier alpha value is -3.88. The molecule has 0 saturated carbocycles. The third-order valence-electron chi connectivity index (χ3n) is 6.28. The molecule has 7 nitrogen and oxygen atoms in total. The molecule has 0 spiro atoms. The fraction of sp³-hybridized carbons (Fsp3) is 0.214. The molecule has 0 fully saturated rings. The Morgan fingerprint density at radius 3 is 2.38 bits per heavy atom. The number of H-pyrrole nitrogens is 1. The zero-order valence-corrected chi connectivity index (χ0v) is 21.6. The SMILES string of the molecule is Cc1nc2ccc(-c3cnc(C(C)(C)O)nc3)cc2c(NC(C)c2cc(-c3cn[nH]c3)ccc2F)c1Cl. The number of aryl methyl sites for hydroxylation is 1. The van der Waals surface area contributed by atoms with Gasteiger partial charge in [0.15, 0.2) is 5.82 Å². The van der Waals surface area contributed by atoms with Crippen molar-refractivity contribution < 1.29 is 9.50 Å². The summed E-state index contributed by atoms with van der Waals surface area (Å²) in [4.78, 5) is 13.3. The predicted molar refractivity (Wildman–Crippen MR) is 144 cm³/mol. The van der Waals surface area contributed by atoms with Gasteiger partial charge in [0.1, 0.15) is 11.4 Å². The third-order valence-corrected chi connectivity index (χ3v) is 6.74. The van der Waals surface area contributed by atoms with Crippen LogP contribution >= 0.6 is 11.6 Å². The first-order chi connectivity index (χ1) is 17.6. The maximum absolute atomic E-state index is 14.9. The molecule has 0 aliphatic carbocycles. The molecule has 0 aliphatic heterocycles. The van der Waals surface area contributed by atoms with E-state index in [9.17, 15) is 9.50 Å². The van der Waals surface area contributed by atoms with Gasteiger partial charge in [0.05, 0.1) is 34.2 Å². The molecule has 0 aliphatic rings. The molecule has 5 rings (SSSR count). The Bertz CT molecular complexity index is 1580. The predicted octanol–water partition coefficient (Wildman–Crippen LogP) is 6.58. The van der Waals surface area contributed by atoms with Gasteiger partial charge in [-0.2, -0.15) is 5.10 Å². The normalized spacial score (nSPS) is 12.6. The molecule has 0 bridgehead atoms. The quantitative estimate of drug-likeness (QED) is 0.235. The number of halogens is 2. The van der Waals surface area contributed by atoms with E-state index in [1.54, 1.807) is 44.7 Å². The van der Waals surface area contributed by atoms with E-state index in [0.717, 1.165) is 33.2 Å². The molecule has 9 heteroatoms. The number of nitrogens with zero attached hydrogens (tertiary/aromatic N) is 4. The molecule has 0 saturated heterocycles. The van der Waals surface area contributed by atoms with E-state index in [1.165, 1.54) is 6.07 Å². The van der Waals surface area contributed by atoms with E-state index in [2.05, 4.69) is 30.5 Å². The van der Waals surface area contributed by atoms with Gasteiger partial charge < -0.3 is 10.4 Å². The Kier molecular flexibility index (Phi) is 6.39. The second-order valence-corrected chi connectivity index (χ2v) is 9.94. The van der Waals surface area contributed by atoms with Crippen LogP contribution in [0, 0.1) is 12.7 Å². The van der Waals surface area contributed by atoms with Gasteiger partial charge >= 0.3 is 0 Å². The molecule has 3 N–H and O–H groups in total. The van der Waals surface area contributed by atoms with Crippen LogP contribution in [0.3, 0.4) is 0 Å². The highest BCUT2D eigenvalue weighted by Crippen LogP contribution is 2.37. The first-order valence-electron chi connectivity index (χ1n) is 11.8. The van der Waals surface area contributed by atoms with Gasteiger partial charge in [-0.25, -0.2) is 14.4 Å². The molecular weight excluding hydrogens is 491 g/mol. The van der Waals surface area contributed by atoms with Crippen molar-refractivity contribution in [2.75, 3.05) is 5.32 Å². The van der Waals surface area contributed by atoms with E-state index in [4.69, 9.17) is 11.6 Å². The maximum atomic E-state index is 14.9. The monoisotopic (exact) mass is 516 g/mol. The summed E-state index contributed by atoms with van der Waals surface area (Å²) in [7, 11) is 0. The molecule has 1 atom stereocenters. The zero-order chi connectivity index (χ0) is 26.3. The van der Waals surface area contributed by atoms with Gasteiger partial charge in [-0.05, 0) is 63.1 Å². The fourth-order valence-corrected chi connectivity index (χ4v) is 4.43. The average molecular weight is 517 g/mol. The average Bonchev–Trinajstić information content (AvgIpc) is 3.41. The Labute approximate surface area is 218 Å². The second-order valence-electron chi connectivity index (χ2n) is 9.56. The largest absolute Gasteiger partial charge is 0.382 e. The summed E-state index contributed by atoms with van der Waals surface area (Å²) in [5, 5.41) is 21.6. The van der Waals surface area contributed by atoms with Crippen LogP contribution in [0.1, 0.15) is 43.9 Å². The number of benzene rings is 2. The summed E-state index contributed by atoms with van der Waals surface area (Å²) in [6.07, 6.45) is 6.82. The third kappa shape index (κ3) is 4.90. The van der Waals surface area contributed by atoms with E-state index in [0.29, 0.717) is 27.8 Å². The summed E-state index contributed by atoms with van der Waals surface area (Å²) >= 11 is 6.74. The van der Waals surface area contributed by atoms with Crippen LogP contribution < -0.4 is 5.32 Å². The zero-order valence-electron chi connectivity index (χ0n) is 20.8. The lowest BCUT2D eigenvalue weighted by Crippen LogP contribution is -2.19. The number of aromatic nitrogens is 5. The number of anilines is 1. The van der Waals surface area contributed by atoms with Crippen LogP contribution in [0.5, 0.6) is 0 Å². The smallest absolute Gasteiger partial charge is 0.159 e.